The van der Waals surface area contributed by atoms with E-state index in [4.69, 9.17) is 22.1 Å². The summed E-state index contributed by atoms with van der Waals surface area (Å²) in [6, 6.07) is 14.4. The van der Waals surface area contributed by atoms with Crippen molar-refractivity contribution in [2.75, 3.05) is 7.11 Å². The average molecular weight is 320 g/mol. The summed E-state index contributed by atoms with van der Waals surface area (Å²) in [7, 11) is 1.33. The highest BCUT2D eigenvalue weighted by Crippen LogP contribution is 2.17. The monoisotopic (exact) mass is 319 g/mol. The van der Waals surface area contributed by atoms with Crippen LogP contribution < -0.4 is 10.5 Å². The zero-order valence-corrected chi connectivity index (χ0v) is 13.0. The van der Waals surface area contributed by atoms with Gasteiger partial charge in [-0.1, -0.05) is 35.9 Å². The summed E-state index contributed by atoms with van der Waals surface area (Å²) in [4.78, 5) is 11.3. The third kappa shape index (κ3) is 4.76. The van der Waals surface area contributed by atoms with Gasteiger partial charge in [0, 0.05) is 5.02 Å². The van der Waals surface area contributed by atoms with Crippen molar-refractivity contribution in [3.8, 4) is 5.75 Å². The van der Waals surface area contributed by atoms with E-state index in [1.54, 1.807) is 0 Å². The first-order valence-corrected chi connectivity index (χ1v) is 7.26. The van der Waals surface area contributed by atoms with Gasteiger partial charge in [-0.05, 0) is 41.8 Å². The first-order chi connectivity index (χ1) is 10.6. The first kappa shape index (κ1) is 16.3. The van der Waals surface area contributed by atoms with E-state index >= 15 is 0 Å². The van der Waals surface area contributed by atoms with Gasteiger partial charge in [-0.25, -0.2) is 0 Å². The average Bonchev–Trinajstić information content (AvgIpc) is 2.53. The third-order valence-corrected chi connectivity index (χ3v) is 3.41. The molecule has 0 saturated heterocycles. The SMILES string of the molecule is COC(=O)C(N)Cc1ccc(OCc2cccc(Cl)c2)cc1. The maximum Gasteiger partial charge on any atom is 0.322 e. The number of nitrogens with two attached hydrogens (primary N) is 1. The molecule has 1 unspecified atom stereocenters. The molecule has 0 radical (unpaired) electrons. The van der Waals surface area contributed by atoms with Crippen LogP contribution in [0.4, 0.5) is 0 Å². The van der Waals surface area contributed by atoms with Crippen LogP contribution in [0.25, 0.3) is 0 Å². The fraction of sp³-hybridized carbons (Fsp3) is 0.235. The molecule has 0 aliphatic carbocycles. The lowest BCUT2D eigenvalue weighted by molar-refractivity contribution is -0.142. The number of ether oxygens (including phenoxy) is 2. The second-order valence-electron chi connectivity index (χ2n) is 4.90. The Bertz CT molecular complexity index is 628. The van der Waals surface area contributed by atoms with Gasteiger partial charge in [0.2, 0.25) is 0 Å². The van der Waals surface area contributed by atoms with Gasteiger partial charge < -0.3 is 15.2 Å². The van der Waals surface area contributed by atoms with Crippen LogP contribution in [-0.4, -0.2) is 19.1 Å². The molecule has 0 saturated carbocycles. The Morgan fingerprint density at radius 3 is 2.55 bits per heavy atom. The van der Waals surface area contributed by atoms with E-state index in [2.05, 4.69) is 4.74 Å². The van der Waals surface area contributed by atoms with Gasteiger partial charge in [-0.2, -0.15) is 0 Å². The lowest BCUT2D eigenvalue weighted by atomic mass is 10.1. The van der Waals surface area contributed by atoms with E-state index in [0.29, 0.717) is 18.1 Å². The molecule has 1 atom stereocenters. The van der Waals surface area contributed by atoms with Gasteiger partial charge in [0.15, 0.2) is 0 Å². The first-order valence-electron chi connectivity index (χ1n) is 6.88. The fourth-order valence-corrected chi connectivity index (χ4v) is 2.22. The van der Waals surface area contributed by atoms with Crippen LogP contribution in [0.3, 0.4) is 0 Å². The molecular formula is C17H18ClNO3. The van der Waals surface area contributed by atoms with Gasteiger partial charge in [0.25, 0.3) is 0 Å². The highest BCUT2D eigenvalue weighted by Gasteiger charge is 2.13. The minimum atomic E-state index is -0.650. The Morgan fingerprint density at radius 2 is 1.91 bits per heavy atom. The number of carbonyl (C=O) groups is 1. The topological polar surface area (TPSA) is 61.5 Å². The summed E-state index contributed by atoms with van der Waals surface area (Å²) in [6.45, 7) is 0.446. The zero-order valence-electron chi connectivity index (χ0n) is 12.3. The van der Waals surface area contributed by atoms with E-state index in [1.807, 2.05) is 48.5 Å². The summed E-state index contributed by atoms with van der Waals surface area (Å²) in [5.74, 6) is 0.330. The standard InChI is InChI=1S/C17H18ClNO3/c1-21-17(20)16(19)10-12-5-7-15(8-6-12)22-11-13-3-2-4-14(18)9-13/h2-9,16H,10-11,19H2,1H3. The van der Waals surface area contributed by atoms with Crippen LogP contribution in [0.5, 0.6) is 5.75 Å². The molecule has 2 N–H and O–H groups in total. The van der Waals surface area contributed by atoms with E-state index in [-0.39, 0.29) is 0 Å². The highest BCUT2D eigenvalue weighted by molar-refractivity contribution is 6.30. The van der Waals surface area contributed by atoms with Crippen LogP contribution in [-0.2, 0) is 22.6 Å². The Morgan fingerprint density at radius 1 is 1.18 bits per heavy atom. The zero-order chi connectivity index (χ0) is 15.9. The van der Waals surface area contributed by atoms with Crippen molar-refractivity contribution in [1.29, 1.82) is 0 Å². The quantitative estimate of drug-likeness (QED) is 0.832. The molecule has 22 heavy (non-hydrogen) atoms. The van der Waals surface area contributed by atoms with Crippen molar-refractivity contribution in [3.63, 3.8) is 0 Å². The molecule has 0 aliphatic rings. The number of esters is 1. The van der Waals surface area contributed by atoms with Gasteiger partial charge >= 0.3 is 5.97 Å². The number of hydrogen-bond acceptors (Lipinski definition) is 4. The smallest absolute Gasteiger partial charge is 0.322 e. The second-order valence-corrected chi connectivity index (χ2v) is 5.33. The molecule has 5 heteroatoms. The minimum absolute atomic E-state index is 0.415. The number of rotatable bonds is 6. The van der Waals surface area contributed by atoms with E-state index in [9.17, 15) is 4.79 Å². The molecule has 2 aromatic carbocycles. The molecule has 0 amide bonds. The van der Waals surface area contributed by atoms with Crippen molar-refractivity contribution in [2.45, 2.75) is 19.1 Å². The predicted octanol–water partition coefficient (Wildman–Crippen LogP) is 2.96. The lowest BCUT2D eigenvalue weighted by Crippen LogP contribution is -2.33. The maximum absolute atomic E-state index is 11.3. The summed E-state index contributed by atoms with van der Waals surface area (Å²) in [5, 5.41) is 0.688. The van der Waals surface area contributed by atoms with Gasteiger partial charge in [-0.3, -0.25) is 4.79 Å². The Hall–Kier alpha value is -2.04. The van der Waals surface area contributed by atoms with Gasteiger partial charge in [-0.15, -0.1) is 0 Å². The molecule has 0 spiro atoms. The van der Waals surface area contributed by atoms with Crippen molar-refractivity contribution < 1.29 is 14.3 Å². The lowest BCUT2D eigenvalue weighted by Gasteiger charge is -2.10. The molecule has 116 valence electrons. The number of halogens is 1. The normalized spacial score (nSPS) is 11.8. The molecular weight excluding hydrogens is 302 g/mol. The molecule has 0 heterocycles. The van der Waals surface area contributed by atoms with Gasteiger partial charge in [0.1, 0.15) is 18.4 Å². The van der Waals surface area contributed by atoms with Crippen molar-refractivity contribution in [3.05, 3.63) is 64.7 Å². The summed E-state index contributed by atoms with van der Waals surface area (Å²) in [5.41, 5.74) is 7.68. The Kier molecular flexibility index (Phi) is 5.81. The number of benzene rings is 2. The molecule has 0 bridgehead atoms. The molecule has 0 fully saturated rings. The Labute approximate surface area is 134 Å². The van der Waals surface area contributed by atoms with Crippen LogP contribution in [0.1, 0.15) is 11.1 Å². The molecule has 2 aromatic rings. The van der Waals surface area contributed by atoms with E-state index in [1.165, 1.54) is 7.11 Å². The number of methoxy groups -OCH3 is 1. The molecule has 0 aromatic heterocycles. The fourth-order valence-electron chi connectivity index (χ4n) is 2.00. The van der Waals surface area contributed by atoms with Crippen LogP contribution >= 0.6 is 11.6 Å². The minimum Gasteiger partial charge on any atom is -0.489 e. The summed E-state index contributed by atoms with van der Waals surface area (Å²) in [6.07, 6.45) is 0.432. The molecule has 2 rings (SSSR count). The summed E-state index contributed by atoms with van der Waals surface area (Å²) < 4.78 is 10.3. The number of hydrogen-bond donors (Lipinski definition) is 1. The van der Waals surface area contributed by atoms with Crippen molar-refractivity contribution >= 4 is 17.6 Å². The van der Waals surface area contributed by atoms with E-state index in [0.717, 1.165) is 16.9 Å². The summed E-state index contributed by atoms with van der Waals surface area (Å²) >= 11 is 5.93. The van der Waals surface area contributed by atoms with Crippen molar-refractivity contribution in [2.24, 2.45) is 5.73 Å². The molecule has 4 nitrogen and oxygen atoms in total. The number of carbonyl (C=O) groups excluding carboxylic acids is 1. The van der Waals surface area contributed by atoms with Crippen LogP contribution in [0, 0.1) is 0 Å². The third-order valence-electron chi connectivity index (χ3n) is 3.18. The molecule has 0 aliphatic heterocycles. The van der Waals surface area contributed by atoms with Crippen molar-refractivity contribution in [1.82, 2.24) is 0 Å². The Balaban J connectivity index is 1.90. The van der Waals surface area contributed by atoms with Crippen LogP contribution in [0.15, 0.2) is 48.5 Å². The van der Waals surface area contributed by atoms with E-state index < -0.39 is 12.0 Å². The highest BCUT2D eigenvalue weighted by atomic mass is 35.5. The maximum atomic E-state index is 11.3. The van der Waals surface area contributed by atoms with Crippen LogP contribution in [0.2, 0.25) is 5.02 Å². The predicted molar refractivity (Wildman–Crippen MR) is 85.9 cm³/mol. The second kappa shape index (κ2) is 7.82. The largest absolute Gasteiger partial charge is 0.489 e. The van der Waals surface area contributed by atoms with Gasteiger partial charge in [0.05, 0.1) is 7.11 Å².